The van der Waals surface area contributed by atoms with Crippen molar-refractivity contribution in [2.45, 2.75) is 44.8 Å². The Labute approximate surface area is 149 Å². The lowest BCUT2D eigenvalue weighted by Gasteiger charge is -2.19. The molecule has 8 heteroatoms. The predicted octanol–water partition coefficient (Wildman–Crippen LogP) is 2.87. The summed E-state index contributed by atoms with van der Waals surface area (Å²) in [5, 5.41) is 9.33. The second kappa shape index (κ2) is 7.47. The van der Waals surface area contributed by atoms with Crippen LogP contribution in [0.5, 0.6) is 11.5 Å². The second-order valence-corrected chi connectivity index (χ2v) is 6.80. The van der Waals surface area contributed by atoms with Gasteiger partial charge in [0.25, 0.3) is 0 Å². The number of halogens is 2. The highest BCUT2D eigenvalue weighted by Crippen LogP contribution is 2.38. The number of amides is 1. The molecule has 1 heterocycles. The number of alkyl halides is 2. The number of carboxylic acids is 1. The molecule has 1 saturated heterocycles. The van der Waals surface area contributed by atoms with Crippen LogP contribution in [0.15, 0.2) is 18.2 Å². The molecular formula is C18H21F2NO5. The third kappa shape index (κ3) is 4.23. The quantitative estimate of drug-likeness (QED) is 0.800. The zero-order chi connectivity index (χ0) is 18.8. The van der Waals surface area contributed by atoms with Crippen LogP contribution in [0, 0.1) is 5.92 Å². The lowest BCUT2D eigenvalue weighted by atomic mass is 9.96. The maximum Gasteiger partial charge on any atom is 0.387 e. The fourth-order valence-corrected chi connectivity index (χ4v) is 3.24. The van der Waals surface area contributed by atoms with Crippen molar-refractivity contribution in [3.63, 3.8) is 0 Å². The van der Waals surface area contributed by atoms with Gasteiger partial charge in [0.15, 0.2) is 11.5 Å². The molecule has 2 aliphatic rings. The van der Waals surface area contributed by atoms with E-state index in [1.165, 1.54) is 17.9 Å². The zero-order valence-corrected chi connectivity index (χ0v) is 14.4. The normalized spacial score (nSPS) is 22.5. The van der Waals surface area contributed by atoms with Crippen LogP contribution in [0.2, 0.25) is 0 Å². The Morgan fingerprint density at radius 3 is 2.58 bits per heavy atom. The minimum absolute atomic E-state index is 0.0411. The number of ether oxygens (including phenoxy) is 2. The zero-order valence-electron chi connectivity index (χ0n) is 14.4. The number of carbonyl (C=O) groups is 2. The minimum Gasteiger partial charge on any atom is -0.489 e. The number of aliphatic carboxylic acids is 1. The van der Waals surface area contributed by atoms with Crippen LogP contribution in [0.4, 0.5) is 8.78 Å². The maximum atomic E-state index is 12.6. The van der Waals surface area contributed by atoms with Crippen LogP contribution in [0.1, 0.15) is 37.7 Å². The van der Waals surface area contributed by atoms with Crippen molar-refractivity contribution in [3.05, 3.63) is 23.8 Å². The molecule has 2 atom stereocenters. The highest BCUT2D eigenvalue weighted by Gasteiger charge is 2.39. The Bertz CT molecular complexity index is 670. The van der Waals surface area contributed by atoms with Gasteiger partial charge >= 0.3 is 12.6 Å². The van der Waals surface area contributed by atoms with Crippen LogP contribution in [-0.4, -0.2) is 47.7 Å². The Morgan fingerprint density at radius 1 is 1.31 bits per heavy atom. The number of rotatable bonds is 7. The second-order valence-electron chi connectivity index (χ2n) is 6.80. The Morgan fingerprint density at radius 2 is 2.04 bits per heavy atom. The molecule has 1 amide bonds. The van der Waals surface area contributed by atoms with Crippen molar-refractivity contribution in [2.75, 3.05) is 13.2 Å². The van der Waals surface area contributed by atoms with Gasteiger partial charge < -0.3 is 19.5 Å². The van der Waals surface area contributed by atoms with Gasteiger partial charge in [0.2, 0.25) is 5.91 Å². The molecule has 6 nitrogen and oxygen atoms in total. The highest BCUT2D eigenvalue weighted by atomic mass is 19.3. The molecule has 1 aromatic rings. The van der Waals surface area contributed by atoms with E-state index in [1.54, 1.807) is 12.1 Å². The first kappa shape index (κ1) is 18.4. The molecule has 1 unspecified atom stereocenters. The number of benzene rings is 1. The summed E-state index contributed by atoms with van der Waals surface area (Å²) in [6, 6.07) is 3.77. The van der Waals surface area contributed by atoms with E-state index in [2.05, 4.69) is 4.74 Å². The van der Waals surface area contributed by atoms with E-state index in [4.69, 9.17) is 4.74 Å². The van der Waals surface area contributed by atoms with E-state index >= 15 is 0 Å². The number of carbonyl (C=O) groups excluding carboxylic acids is 1. The monoisotopic (exact) mass is 369 g/mol. The number of hydrogen-bond acceptors (Lipinski definition) is 4. The van der Waals surface area contributed by atoms with E-state index in [1.807, 2.05) is 0 Å². The molecule has 26 heavy (non-hydrogen) atoms. The molecule has 2 fully saturated rings. The molecule has 1 saturated carbocycles. The minimum atomic E-state index is -2.96. The van der Waals surface area contributed by atoms with Crippen LogP contribution in [-0.2, 0) is 9.59 Å². The third-order valence-corrected chi connectivity index (χ3v) is 4.82. The van der Waals surface area contributed by atoms with Gasteiger partial charge in [0.05, 0.1) is 6.61 Å². The summed E-state index contributed by atoms with van der Waals surface area (Å²) < 4.78 is 35.4. The Balaban J connectivity index is 1.81. The fourth-order valence-electron chi connectivity index (χ4n) is 3.24. The summed E-state index contributed by atoms with van der Waals surface area (Å²) in [4.78, 5) is 24.4. The average molecular weight is 369 g/mol. The fraction of sp³-hybridized carbons (Fsp3) is 0.556. The SMILES string of the molecule is CC(=O)N1CC(c2ccc(OC(F)F)c(OCC3CC3)c2)C[C@@H]1C(=O)O. The van der Waals surface area contributed by atoms with Crippen LogP contribution in [0.3, 0.4) is 0 Å². The summed E-state index contributed by atoms with van der Waals surface area (Å²) in [5.41, 5.74) is 0.743. The molecule has 0 bridgehead atoms. The topological polar surface area (TPSA) is 76.1 Å². The third-order valence-electron chi connectivity index (χ3n) is 4.82. The van der Waals surface area contributed by atoms with Gasteiger partial charge in [-0.05, 0) is 42.9 Å². The van der Waals surface area contributed by atoms with E-state index < -0.39 is 18.6 Å². The number of carboxylic acid groups (broad SMARTS) is 1. The molecule has 3 rings (SSSR count). The van der Waals surface area contributed by atoms with Crippen molar-refractivity contribution in [3.8, 4) is 11.5 Å². The molecule has 1 aliphatic heterocycles. The first-order valence-corrected chi connectivity index (χ1v) is 8.56. The molecular weight excluding hydrogens is 348 g/mol. The van der Waals surface area contributed by atoms with E-state index in [9.17, 15) is 23.5 Å². The molecule has 1 aromatic carbocycles. The first-order chi connectivity index (χ1) is 12.3. The van der Waals surface area contributed by atoms with Crippen LogP contribution in [0.25, 0.3) is 0 Å². The Hall–Kier alpha value is -2.38. The first-order valence-electron chi connectivity index (χ1n) is 8.56. The molecule has 1 N–H and O–H groups in total. The van der Waals surface area contributed by atoms with Gasteiger partial charge in [-0.15, -0.1) is 0 Å². The molecule has 1 aliphatic carbocycles. The smallest absolute Gasteiger partial charge is 0.387 e. The Kier molecular flexibility index (Phi) is 5.29. The van der Waals surface area contributed by atoms with Crippen molar-refractivity contribution in [1.29, 1.82) is 0 Å². The van der Waals surface area contributed by atoms with Gasteiger partial charge in [-0.25, -0.2) is 4.79 Å². The van der Waals surface area contributed by atoms with Gasteiger partial charge in [0, 0.05) is 19.4 Å². The van der Waals surface area contributed by atoms with Crippen molar-refractivity contribution < 1.29 is 33.0 Å². The van der Waals surface area contributed by atoms with Gasteiger partial charge in [-0.3, -0.25) is 4.79 Å². The lowest BCUT2D eigenvalue weighted by Crippen LogP contribution is -2.39. The summed E-state index contributed by atoms with van der Waals surface area (Å²) in [6.45, 7) is -0.920. The largest absolute Gasteiger partial charge is 0.489 e. The van der Waals surface area contributed by atoms with E-state index in [-0.39, 0.29) is 36.3 Å². The molecule has 142 valence electrons. The number of nitrogens with zero attached hydrogens (tertiary/aromatic N) is 1. The lowest BCUT2D eigenvalue weighted by molar-refractivity contribution is -0.147. The van der Waals surface area contributed by atoms with Crippen LogP contribution >= 0.6 is 0 Å². The summed E-state index contributed by atoms with van der Waals surface area (Å²) in [5.74, 6) is -0.935. The summed E-state index contributed by atoms with van der Waals surface area (Å²) in [7, 11) is 0. The average Bonchev–Trinajstić information content (AvgIpc) is 3.28. The summed E-state index contributed by atoms with van der Waals surface area (Å²) >= 11 is 0. The van der Waals surface area contributed by atoms with Crippen molar-refractivity contribution >= 4 is 11.9 Å². The standard InChI is InChI=1S/C18H21F2NO5/c1-10(22)21-8-13(6-14(21)17(23)24)12-4-5-15(26-18(19)20)16(7-12)25-9-11-2-3-11/h4-5,7,11,13-14,18H,2-3,6,8-9H2,1H3,(H,23,24)/t13?,14-/m1/s1. The van der Waals surface area contributed by atoms with Gasteiger partial charge in [-0.1, -0.05) is 6.07 Å². The predicted molar refractivity (Wildman–Crippen MR) is 87.5 cm³/mol. The molecule has 0 radical (unpaired) electrons. The van der Waals surface area contributed by atoms with Crippen molar-refractivity contribution in [1.82, 2.24) is 4.90 Å². The molecule has 0 spiro atoms. The highest BCUT2D eigenvalue weighted by molar-refractivity contribution is 5.83. The van der Waals surface area contributed by atoms with Crippen molar-refractivity contribution in [2.24, 2.45) is 5.92 Å². The molecule has 0 aromatic heterocycles. The van der Waals surface area contributed by atoms with E-state index in [0.29, 0.717) is 12.5 Å². The van der Waals surface area contributed by atoms with E-state index in [0.717, 1.165) is 18.4 Å². The maximum absolute atomic E-state index is 12.6. The van der Waals surface area contributed by atoms with Gasteiger partial charge in [-0.2, -0.15) is 8.78 Å². The number of likely N-dealkylation sites (tertiary alicyclic amines) is 1. The number of hydrogen-bond donors (Lipinski definition) is 1. The van der Waals surface area contributed by atoms with Crippen LogP contribution < -0.4 is 9.47 Å². The summed E-state index contributed by atoms with van der Waals surface area (Å²) in [6.07, 6.45) is 2.38. The van der Waals surface area contributed by atoms with Gasteiger partial charge in [0.1, 0.15) is 6.04 Å².